The van der Waals surface area contributed by atoms with Gasteiger partial charge in [0.2, 0.25) is 0 Å². The molecule has 0 aromatic heterocycles. The summed E-state index contributed by atoms with van der Waals surface area (Å²) in [5.41, 5.74) is 5.88. The van der Waals surface area contributed by atoms with Gasteiger partial charge in [0.15, 0.2) is 18.1 Å². The first kappa shape index (κ1) is 17.9. The normalized spacial score (nSPS) is 10.1. The smallest absolute Gasteiger partial charge is 0.262 e. The van der Waals surface area contributed by atoms with Crippen LogP contribution in [0.2, 0.25) is 10.0 Å². The van der Waals surface area contributed by atoms with Crippen LogP contribution in [0, 0.1) is 0 Å². The van der Waals surface area contributed by atoms with Crippen molar-refractivity contribution >= 4 is 40.7 Å². The number of para-hydroxylation sites is 1. The van der Waals surface area contributed by atoms with Crippen molar-refractivity contribution in [1.82, 2.24) is 0 Å². The Morgan fingerprint density at radius 2 is 1.92 bits per heavy atom. The third kappa shape index (κ3) is 4.31. The lowest BCUT2D eigenvalue weighted by atomic mass is 10.2. The molecule has 2 amide bonds. The molecule has 0 fully saturated rings. The molecular weight excluding hydrogens is 355 g/mol. The molecule has 24 heavy (non-hydrogen) atoms. The van der Waals surface area contributed by atoms with E-state index in [9.17, 15) is 9.59 Å². The summed E-state index contributed by atoms with van der Waals surface area (Å²) in [5.74, 6) is -0.728. The van der Waals surface area contributed by atoms with Crippen molar-refractivity contribution in [1.29, 1.82) is 0 Å². The Bertz CT molecular complexity index is 781. The lowest BCUT2D eigenvalue weighted by molar-refractivity contribution is -0.118. The van der Waals surface area contributed by atoms with Crippen molar-refractivity contribution in [2.75, 3.05) is 19.0 Å². The molecule has 2 rings (SSSR count). The van der Waals surface area contributed by atoms with Gasteiger partial charge in [0.25, 0.3) is 11.8 Å². The van der Waals surface area contributed by atoms with Gasteiger partial charge in [-0.05, 0) is 30.3 Å². The SMILES string of the molecule is COc1cccc(C(N)=O)c1OCC(=O)Nc1ccc(Cl)c(Cl)c1. The number of ether oxygens (including phenoxy) is 2. The molecule has 0 aliphatic rings. The summed E-state index contributed by atoms with van der Waals surface area (Å²) in [6.07, 6.45) is 0. The maximum Gasteiger partial charge on any atom is 0.262 e. The summed E-state index contributed by atoms with van der Waals surface area (Å²) < 4.78 is 10.5. The highest BCUT2D eigenvalue weighted by molar-refractivity contribution is 6.42. The van der Waals surface area contributed by atoms with Crippen LogP contribution in [-0.4, -0.2) is 25.5 Å². The second kappa shape index (κ2) is 7.90. The Morgan fingerprint density at radius 3 is 2.54 bits per heavy atom. The molecule has 0 radical (unpaired) electrons. The van der Waals surface area contributed by atoms with E-state index in [2.05, 4.69) is 5.32 Å². The number of primary amides is 1. The average Bonchev–Trinajstić information content (AvgIpc) is 2.55. The van der Waals surface area contributed by atoms with Crippen molar-refractivity contribution in [2.45, 2.75) is 0 Å². The summed E-state index contributed by atoms with van der Waals surface area (Å²) in [5, 5.41) is 3.30. The zero-order valence-electron chi connectivity index (χ0n) is 12.6. The molecule has 0 saturated carbocycles. The minimum atomic E-state index is -0.686. The van der Waals surface area contributed by atoms with E-state index in [1.165, 1.54) is 19.2 Å². The molecule has 6 nitrogen and oxygen atoms in total. The fraction of sp³-hybridized carbons (Fsp3) is 0.125. The van der Waals surface area contributed by atoms with Crippen LogP contribution in [0.4, 0.5) is 5.69 Å². The first-order valence-electron chi connectivity index (χ1n) is 6.77. The van der Waals surface area contributed by atoms with Gasteiger partial charge in [-0.15, -0.1) is 0 Å². The number of amides is 2. The number of carbonyl (C=O) groups is 2. The molecule has 0 atom stereocenters. The topological polar surface area (TPSA) is 90.7 Å². The van der Waals surface area contributed by atoms with Gasteiger partial charge in [-0.1, -0.05) is 29.3 Å². The molecule has 0 aliphatic heterocycles. The largest absolute Gasteiger partial charge is 0.493 e. The van der Waals surface area contributed by atoms with Gasteiger partial charge in [-0.25, -0.2) is 0 Å². The molecule has 0 bridgehead atoms. The summed E-state index contributed by atoms with van der Waals surface area (Å²) in [7, 11) is 1.42. The van der Waals surface area contributed by atoms with Crippen LogP contribution in [0.1, 0.15) is 10.4 Å². The number of rotatable bonds is 6. The molecule has 0 spiro atoms. The van der Waals surface area contributed by atoms with Gasteiger partial charge in [0, 0.05) is 5.69 Å². The number of carbonyl (C=O) groups excluding carboxylic acids is 2. The number of benzene rings is 2. The number of nitrogens with two attached hydrogens (primary N) is 1. The quantitative estimate of drug-likeness (QED) is 0.819. The average molecular weight is 369 g/mol. The van der Waals surface area contributed by atoms with E-state index in [0.29, 0.717) is 21.5 Å². The molecule has 0 unspecified atom stereocenters. The minimum Gasteiger partial charge on any atom is -0.493 e. The Labute approximate surface area is 148 Å². The molecule has 0 saturated heterocycles. The number of methoxy groups -OCH3 is 1. The van der Waals surface area contributed by atoms with E-state index in [1.807, 2.05) is 0 Å². The summed E-state index contributed by atoms with van der Waals surface area (Å²) in [6, 6.07) is 9.35. The van der Waals surface area contributed by atoms with Gasteiger partial charge in [0.05, 0.1) is 22.7 Å². The predicted octanol–water partition coefficient (Wildman–Crippen LogP) is 3.12. The highest BCUT2D eigenvalue weighted by Gasteiger charge is 2.16. The Hall–Kier alpha value is -2.44. The van der Waals surface area contributed by atoms with E-state index in [1.54, 1.807) is 24.3 Å². The highest BCUT2D eigenvalue weighted by Crippen LogP contribution is 2.31. The lowest BCUT2D eigenvalue weighted by Crippen LogP contribution is -2.22. The van der Waals surface area contributed by atoms with E-state index in [0.717, 1.165) is 0 Å². The summed E-state index contributed by atoms with van der Waals surface area (Å²) in [4.78, 5) is 23.4. The van der Waals surface area contributed by atoms with Crippen LogP contribution in [-0.2, 0) is 4.79 Å². The van der Waals surface area contributed by atoms with Gasteiger partial charge in [-0.3, -0.25) is 9.59 Å². The first-order chi connectivity index (χ1) is 11.4. The van der Waals surface area contributed by atoms with Crippen LogP contribution in [0.3, 0.4) is 0 Å². The number of hydrogen-bond acceptors (Lipinski definition) is 4. The van der Waals surface area contributed by atoms with Crippen molar-refractivity contribution in [3.8, 4) is 11.5 Å². The first-order valence-corrected chi connectivity index (χ1v) is 7.52. The maximum atomic E-state index is 12.0. The van der Waals surface area contributed by atoms with Crippen LogP contribution in [0.5, 0.6) is 11.5 Å². The monoisotopic (exact) mass is 368 g/mol. The summed E-state index contributed by atoms with van der Waals surface area (Å²) >= 11 is 11.7. The van der Waals surface area contributed by atoms with E-state index in [4.69, 9.17) is 38.4 Å². The van der Waals surface area contributed by atoms with Crippen LogP contribution in [0.25, 0.3) is 0 Å². The fourth-order valence-electron chi connectivity index (χ4n) is 1.93. The Morgan fingerprint density at radius 1 is 1.17 bits per heavy atom. The fourth-order valence-corrected chi connectivity index (χ4v) is 2.23. The molecule has 2 aromatic carbocycles. The minimum absolute atomic E-state index is 0.108. The molecule has 0 heterocycles. The molecule has 8 heteroatoms. The lowest BCUT2D eigenvalue weighted by Gasteiger charge is -2.13. The second-order valence-corrected chi connectivity index (χ2v) is 5.48. The number of anilines is 1. The Kier molecular flexibility index (Phi) is 5.89. The van der Waals surface area contributed by atoms with E-state index in [-0.39, 0.29) is 17.9 Å². The number of halogens is 2. The third-order valence-corrected chi connectivity index (χ3v) is 3.75. The number of hydrogen-bond donors (Lipinski definition) is 2. The van der Waals surface area contributed by atoms with Gasteiger partial charge in [0.1, 0.15) is 0 Å². The molecule has 0 aliphatic carbocycles. The van der Waals surface area contributed by atoms with Crippen LogP contribution >= 0.6 is 23.2 Å². The van der Waals surface area contributed by atoms with Gasteiger partial charge >= 0.3 is 0 Å². The second-order valence-electron chi connectivity index (χ2n) is 4.67. The molecule has 126 valence electrons. The highest BCUT2D eigenvalue weighted by atomic mass is 35.5. The van der Waals surface area contributed by atoms with E-state index < -0.39 is 11.8 Å². The van der Waals surface area contributed by atoms with Gasteiger partial charge < -0.3 is 20.5 Å². The van der Waals surface area contributed by atoms with Crippen molar-refractivity contribution in [2.24, 2.45) is 5.73 Å². The standard InChI is InChI=1S/C16H14Cl2N2O4/c1-23-13-4-2-3-10(16(19)22)15(13)24-8-14(21)20-9-5-6-11(17)12(18)7-9/h2-7H,8H2,1H3,(H2,19,22)(H,20,21). The summed E-state index contributed by atoms with van der Waals surface area (Å²) in [6.45, 7) is -0.346. The molecular formula is C16H14Cl2N2O4. The van der Waals surface area contributed by atoms with Crippen molar-refractivity contribution in [3.63, 3.8) is 0 Å². The van der Waals surface area contributed by atoms with Gasteiger partial charge in [-0.2, -0.15) is 0 Å². The predicted molar refractivity (Wildman–Crippen MR) is 92.1 cm³/mol. The molecule has 3 N–H and O–H groups in total. The van der Waals surface area contributed by atoms with Crippen molar-refractivity contribution < 1.29 is 19.1 Å². The Balaban J connectivity index is 2.09. The zero-order valence-corrected chi connectivity index (χ0v) is 14.1. The van der Waals surface area contributed by atoms with Crippen LogP contribution < -0.4 is 20.5 Å². The van der Waals surface area contributed by atoms with Crippen molar-refractivity contribution in [3.05, 3.63) is 52.0 Å². The van der Waals surface area contributed by atoms with Crippen LogP contribution in [0.15, 0.2) is 36.4 Å². The van der Waals surface area contributed by atoms with E-state index >= 15 is 0 Å². The zero-order chi connectivity index (χ0) is 17.7. The maximum absolute atomic E-state index is 12.0. The molecule has 2 aromatic rings. The third-order valence-electron chi connectivity index (χ3n) is 3.02. The number of nitrogens with one attached hydrogen (secondary N) is 1.